The van der Waals surface area contributed by atoms with Crippen LogP contribution in [0.2, 0.25) is 0 Å². The van der Waals surface area contributed by atoms with Crippen LogP contribution in [0.15, 0.2) is 30.5 Å². The number of benzene rings is 1. The summed E-state index contributed by atoms with van der Waals surface area (Å²) in [5.74, 6) is 0.614. The maximum Gasteiger partial charge on any atom is 0.201 e. The molecule has 4 rings (SSSR count). The maximum atomic E-state index is 6.27. The van der Waals surface area contributed by atoms with Crippen molar-refractivity contribution in [2.24, 2.45) is 5.41 Å². The molecular weight excluding hydrogens is 260 g/mol. The van der Waals surface area contributed by atoms with Crippen molar-refractivity contribution in [2.75, 3.05) is 5.73 Å². The lowest BCUT2D eigenvalue weighted by Gasteiger charge is -2.29. The van der Waals surface area contributed by atoms with Gasteiger partial charge >= 0.3 is 0 Å². The lowest BCUT2D eigenvalue weighted by molar-refractivity contribution is 0.268. The molecule has 1 fully saturated rings. The molecule has 21 heavy (non-hydrogen) atoms. The molecule has 4 nitrogen and oxygen atoms in total. The summed E-state index contributed by atoms with van der Waals surface area (Å²) in [6.07, 6.45) is 5.49. The predicted octanol–water partition coefficient (Wildman–Crippen LogP) is 3.92. The van der Waals surface area contributed by atoms with E-state index in [4.69, 9.17) is 5.73 Å². The van der Waals surface area contributed by atoms with Gasteiger partial charge in [0.1, 0.15) is 5.52 Å². The van der Waals surface area contributed by atoms with Crippen LogP contribution in [0.1, 0.15) is 39.2 Å². The van der Waals surface area contributed by atoms with Crippen molar-refractivity contribution in [3.05, 3.63) is 30.5 Å². The van der Waals surface area contributed by atoms with Gasteiger partial charge in [-0.3, -0.25) is 4.98 Å². The van der Waals surface area contributed by atoms with Gasteiger partial charge in [-0.1, -0.05) is 38.5 Å². The number of fused-ring (bicyclic) bond motifs is 3. The van der Waals surface area contributed by atoms with E-state index in [2.05, 4.69) is 40.5 Å². The van der Waals surface area contributed by atoms with Crippen LogP contribution in [-0.4, -0.2) is 14.5 Å². The van der Waals surface area contributed by atoms with Gasteiger partial charge in [0.15, 0.2) is 0 Å². The molecule has 1 aromatic carbocycles. The molecule has 2 heterocycles. The average molecular weight is 280 g/mol. The lowest BCUT2D eigenvalue weighted by atomic mass is 9.87. The third kappa shape index (κ3) is 1.75. The Bertz CT molecular complexity index is 831. The quantitative estimate of drug-likeness (QED) is 0.735. The number of nitrogen functional groups attached to an aromatic ring is 1. The number of aromatic nitrogens is 3. The van der Waals surface area contributed by atoms with Crippen molar-refractivity contribution in [1.82, 2.24) is 14.5 Å². The summed E-state index contributed by atoms with van der Waals surface area (Å²) in [5, 5.41) is 1.14. The number of rotatable bonds is 1. The van der Waals surface area contributed by atoms with E-state index >= 15 is 0 Å². The van der Waals surface area contributed by atoms with Gasteiger partial charge in [0.25, 0.3) is 0 Å². The van der Waals surface area contributed by atoms with Crippen LogP contribution >= 0.6 is 0 Å². The molecule has 0 saturated heterocycles. The van der Waals surface area contributed by atoms with Crippen molar-refractivity contribution < 1.29 is 0 Å². The molecular formula is C17H20N4. The highest BCUT2D eigenvalue weighted by molar-refractivity contribution is 6.03. The monoisotopic (exact) mass is 280 g/mol. The molecule has 1 atom stereocenters. The Labute approximate surface area is 124 Å². The standard InChI is InChI=1S/C17H20N4/c1-17(2)9-5-8-14(17)21-15-11-6-3-4-7-12(11)19-10-13(15)20-16(21)18/h3-4,6-7,10,14H,5,8-9H2,1-2H3,(H2,18,20). The average Bonchev–Trinajstić information content (AvgIpc) is 2.97. The molecule has 1 aliphatic carbocycles. The first kappa shape index (κ1) is 12.6. The van der Waals surface area contributed by atoms with Gasteiger partial charge in [-0.15, -0.1) is 0 Å². The summed E-state index contributed by atoms with van der Waals surface area (Å²) >= 11 is 0. The third-order valence-corrected chi connectivity index (χ3v) is 4.96. The second-order valence-corrected chi connectivity index (χ2v) is 6.75. The van der Waals surface area contributed by atoms with Gasteiger partial charge in [0, 0.05) is 11.4 Å². The maximum absolute atomic E-state index is 6.27. The van der Waals surface area contributed by atoms with Gasteiger partial charge in [-0.05, 0) is 24.3 Å². The number of para-hydroxylation sites is 1. The number of anilines is 1. The molecule has 0 bridgehead atoms. The molecule has 1 unspecified atom stereocenters. The number of imidazole rings is 1. The second-order valence-electron chi connectivity index (χ2n) is 6.75. The van der Waals surface area contributed by atoms with E-state index in [-0.39, 0.29) is 5.41 Å². The minimum Gasteiger partial charge on any atom is -0.369 e. The molecule has 2 aromatic heterocycles. The fourth-order valence-corrected chi connectivity index (χ4v) is 3.85. The van der Waals surface area contributed by atoms with Crippen molar-refractivity contribution in [2.45, 2.75) is 39.2 Å². The number of pyridine rings is 1. The number of nitrogens with zero attached hydrogens (tertiary/aromatic N) is 3. The first-order valence-corrected chi connectivity index (χ1v) is 7.59. The molecule has 0 aliphatic heterocycles. The highest BCUT2D eigenvalue weighted by Crippen LogP contribution is 2.48. The fourth-order valence-electron chi connectivity index (χ4n) is 3.85. The first-order chi connectivity index (χ1) is 10.1. The molecule has 2 N–H and O–H groups in total. The third-order valence-electron chi connectivity index (χ3n) is 4.96. The number of hydrogen-bond donors (Lipinski definition) is 1. The van der Waals surface area contributed by atoms with Crippen molar-refractivity contribution in [1.29, 1.82) is 0 Å². The Morgan fingerprint density at radius 2 is 2.05 bits per heavy atom. The molecule has 1 aliphatic rings. The van der Waals surface area contributed by atoms with E-state index in [1.807, 2.05) is 18.3 Å². The van der Waals surface area contributed by atoms with Crippen LogP contribution in [0, 0.1) is 5.41 Å². The number of nitrogens with two attached hydrogens (primary N) is 1. The Morgan fingerprint density at radius 1 is 1.24 bits per heavy atom. The summed E-state index contributed by atoms with van der Waals surface area (Å²) in [6, 6.07) is 8.64. The summed E-state index contributed by atoms with van der Waals surface area (Å²) in [5.41, 5.74) is 9.56. The first-order valence-electron chi connectivity index (χ1n) is 7.59. The van der Waals surface area contributed by atoms with E-state index < -0.39 is 0 Å². The Hall–Kier alpha value is -2.10. The van der Waals surface area contributed by atoms with Crippen LogP contribution < -0.4 is 5.73 Å². The van der Waals surface area contributed by atoms with Gasteiger partial charge in [-0.2, -0.15) is 0 Å². The van der Waals surface area contributed by atoms with Crippen molar-refractivity contribution in [3.63, 3.8) is 0 Å². The topological polar surface area (TPSA) is 56.7 Å². The van der Waals surface area contributed by atoms with E-state index in [1.165, 1.54) is 19.3 Å². The van der Waals surface area contributed by atoms with Crippen LogP contribution in [0.5, 0.6) is 0 Å². The van der Waals surface area contributed by atoms with Gasteiger partial charge in [0.2, 0.25) is 5.95 Å². The summed E-state index contributed by atoms with van der Waals surface area (Å²) in [6.45, 7) is 4.67. The summed E-state index contributed by atoms with van der Waals surface area (Å²) in [4.78, 5) is 9.05. The molecule has 1 saturated carbocycles. The van der Waals surface area contributed by atoms with Crippen molar-refractivity contribution in [3.8, 4) is 0 Å². The lowest BCUT2D eigenvalue weighted by Crippen LogP contribution is -2.22. The van der Waals surface area contributed by atoms with E-state index in [9.17, 15) is 0 Å². The van der Waals surface area contributed by atoms with Crippen LogP contribution in [0.3, 0.4) is 0 Å². The zero-order valence-corrected chi connectivity index (χ0v) is 12.5. The van der Waals surface area contributed by atoms with Gasteiger partial charge in [-0.25, -0.2) is 4.98 Å². The highest BCUT2D eigenvalue weighted by atomic mass is 15.2. The van der Waals surface area contributed by atoms with Crippen LogP contribution in [0.4, 0.5) is 5.95 Å². The Kier molecular flexibility index (Phi) is 2.52. The highest BCUT2D eigenvalue weighted by Gasteiger charge is 2.37. The molecule has 0 radical (unpaired) electrons. The molecule has 0 spiro atoms. The molecule has 3 aromatic rings. The van der Waals surface area contributed by atoms with E-state index in [1.54, 1.807) is 0 Å². The predicted molar refractivity (Wildman–Crippen MR) is 86.1 cm³/mol. The van der Waals surface area contributed by atoms with Gasteiger partial charge in [0.05, 0.1) is 17.2 Å². The molecule has 4 heteroatoms. The zero-order valence-electron chi connectivity index (χ0n) is 12.5. The fraction of sp³-hybridized carbons (Fsp3) is 0.412. The summed E-state index contributed by atoms with van der Waals surface area (Å²) < 4.78 is 2.26. The largest absolute Gasteiger partial charge is 0.369 e. The smallest absolute Gasteiger partial charge is 0.201 e. The van der Waals surface area contributed by atoms with Crippen LogP contribution in [-0.2, 0) is 0 Å². The van der Waals surface area contributed by atoms with E-state index in [0.29, 0.717) is 12.0 Å². The molecule has 0 amide bonds. The Balaban J connectivity index is 2.08. The second kappa shape index (κ2) is 4.20. The minimum atomic E-state index is 0.256. The molecule has 108 valence electrons. The Morgan fingerprint density at radius 3 is 2.81 bits per heavy atom. The summed E-state index contributed by atoms with van der Waals surface area (Å²) in [7, 11) is 0. The van der Waals surface area contributed by atoms with Gasteiger partial charge < -0.3 is 10.3 Å². The van der Waals surface area contributed by atoms with Crippen molar-refractivity contribution >= 4 is 27.9 Å². The minimum absolute atomic E-state index is 0.256. The zero-order chi connectivity index (χ0) is 14.6. The normalized spacial score (nSPS) is 21.3. The van der Waals surface area contributed by atoms with E-state index in [0.717, 1.165) is 21.9 Å². The SMILES string of the molecule is CC1(C)CCCC1n1c(N)nc2cnc3ccccc3c21. The van der Waals surface area contributed by atoms with Crippen LogP contribution in [0.25, 0.3) is 21.9 Å². The number of hydrogen-bond acceptors (Lipinski definition) is 3.